The van der Waals surface area contributed by atoms with Gasteiger partial charge in [-0.3, -0.25) is 0 Å². The Morgan fingerprint density at radius 3 is 2.32 bits per heavy atom. The zero-order valence-corrected chi connectivity index (χ0v) is 12.8. The van der Waals surface area contributed by atoms with E-state index in [1.165, 1.54) is 6.08 Å². The van der Waals surface area contributed by atoms with Crippen LogP contribution < -0.4 is 4.74 Å². The molecule has 1 aromatic carbocycles. The molecule has 0 radical (unpaired) electrons. The van der Waals surface area contributed by atoms with Crippen molar-refractivity contribution in [3.05, 3.63) is 48.1 Å². The maximum atomic E-state index is 11.9. The van der Waals surface area contributed by atoms with E-state index in [1.54, 1.807) is 44.2 Å². The number of carbonyl (C=O) groups is 2. The molecule has 5 heteroatoms. The third-order valence-electron chi connectivity index (χ3n) is 2.53. The van der Waals surface area contributed by atoms with Crippen molar-refractivity contribution in [2.45, 2.75) is 13.8 Å². The average molecular weight is 304 g/mol. The zero-order valence-electron chi connectivity index (χ0n) is 12.8. The van der Waals surface area contributed by atoms with Crippen LogP contribution >= 0.6 is 0 Å². The first-order valence-electron chi connectivity index (χ1n) is 7.02. The fraction of sp³-hybridized carbons (Fsp3) is 0.294. The van der Waals surface area contributed by atoms with Crippen LogP contribution in [-0.4, -0.2) is 31.8 Å². The van der Waals surface area contributed by atoms with Gasteiger partial charge in [-0.2, -0.15) is 0 Å². The number of ether oxygens (including phenoxy) is 3. The molecule has 5 nitrogen and oxygen atoms in total. The molecule has 0 aliphatic rings. The van der Waals surface area contributed by atoms with Crippen LogP contribution in [0.1, 0.15) is 19.4 Å². The summed E-state index contributed by atoms with van der Waals surface area (Å²) in [5.74, 6) is -0.808. The quantitative estimate of drug-likeness (QED) is 0.243. The van der Waals surface area contributed by atoms with Gasteiger partial charge in [-0.05, 0) is 37.6 Å². The molecule has 0 spiro atoms. The lowest BCUT2D eigenvalue weighted by Crippen LogP contribution is -2.18. The Bertz CT molecular complexity index is 540. The van der Waals surface area contributed by atoms with Gasteiger partial charge >= 0.3 is 11.9 Å². The lowest BCUT2D eigenvalue weighted by atomic mass is 10.1. The first-order valence-corrected chi connectivity index (χ1v) is 7.02. The van der Waals surface area contributed by atoms with Crippen LogP contribution in [0.3, 0.4) is 0 Å². The molecule has 1 aromatic rings. The Hall–Kier alpha value is -2.56. The standard InChI is InChI=1S/C17H20O5/c1-4-10-22-14-9-7-8-13(11-14)12-15(16(18)20-5-2)17(19)21-6-3/h4,7-9,11-12H,1,5-6,10H2,2-3H3. The Kier molecular flexibility index (Phi) is 7.47. The smallest absolute Gasteiger partial charge is 0.345 e. The predicted molar refractivity (Wildman–Crippen MR) is 83.4 cm³/mol. The van der Waals surface area contributed by atoms with Crippen molar-refractivity contribution in [1.82, 2.24) is 0 Å². The van der Waals surface area contributed by atoms with E-state index < -0.39 is 11.9 Å². The molecule has 0 saturated carbocycles. The van der Waals surface area contributed by atoms with E-state index in [1.807, 2.05) is 0 Å². The fourth-order valence-electron chi connectivity index (χ4n) is 1.63. The number of carbonyl (C=O) groups excluding carboxylic acids is 2. The van der Waals surface area contributed by atoms with Gasteiger partial charge in [0, 0.05) is 0 Å². The first kappa shape index (κ1) is 17.5. The van der Waals surface area contributed by atoms with Crippen LogP contribution in [0.15, 0.2) is 42.5 Å². The van der Waals surface area contributed by atoms with Crippen molar-refractivity contribution in [3.8, 4) is 5.75 Å². The highest BCUT2D eigenvalue weighted by atomic mass is 16.6. The van der Waals surface area contributed by atoms with Crippen molar-refractivity contribution in [1.29, 1.82) is 0 Å². The molecule has 0 saturated heterocycles. The van der Waals surface area contributed by atoms with Crippen LogP contribution in [0, 0.1) is 0 Å². The third-order valence-corrected chi connectivity index (χ3v) is 2.53. The molecule has 0 heterocycles. The van der Waals surface area contributed by atoms with E-state index in [-0.39, 0.29) is 18.8 Å². The topological polar surface area (TPSA) is 61.8 Å². The fourth-order valence-corrected chi connectivity index (χ4v) is 1.63. The monoisotopic (exact) mass is 304 g/mol. The SMILES string of the molecule is C=CCOc1cccc(C=C(C(=O)OCC)C(=O)OCC)c1. The first-order chi connectivity index (χ1) is 10.6. The normalized spacial score (nSPS) is 9.55. The molecule has 0 bridgehead atoms. The predicted octanol–water partition coefficient (Wildman–Crippen LogP) is 2.76. The van der Waals surface area contributed by atoms with Gasteiger partial charge in [0.05, 0.1) is 13.2 Å². The maximum Gasteiger partial charge on any atom is 0.345 e. The van der Waals surface area contributed by atoms with Crippen molar-refractivity contribution in [3.63, 3.8) is 0 Å². The van der Waals surface area contributed by atoms with Crippen LogP contribution in [-0.2, 0) is 19.1 Å². The van der Waals surface area contributed by atoms with E-state index in [2.05, 4.69) is 6.58 Å². The highest BCUT2D eigenvalue weighted by molar-refractivity contribution is 6.17. The summed E-state index contributed by atoms with van der Waals surface area (Å²) in [4.78, 5) is 23.8. The molecule has 0 unspecified atom stereocenters. The minimum Gasteiger partial charge on any atom is -0.490 e. The molecule has 0 fully saturated rings. The highest BCUT2D eigenvalue weighted by Crippen LogP contribution is 2.17. The molecule has 118 valence electrons. The van der Waals surface area contributed by atoms with Gasteiger partial charge < -0.3 is 14.2 Å². The number of hydrogen-bond acceptors (Lipinski definition) is 5. The van der Waals surface area contributed by atoms with Crippen LogP contribution in [0.2, 0.25) is 0 Å². The summed E-state index contributed by atoms with van der Waals surface area (Å²) < 4.78 is 15.2. The number of rotatable bonds is 8. The second-order valence-corrected chi connectivity index (χ2v) is 4.17. The molecular weight excluding hydrogens is 284 g/mol. The summed E-state index contributed by atoms with van der Waals surface area (Å²) in [5, 5.41) is 0. The molecule has 22 heavy (non-hydrogen) atoms. The van der Waals surface area contributed by atoms with Crippen LogP contribution in [0.5, 0.6) is 5.75 Å². The second kappa shape index (κ2) is 9.39. The van der Waals surface area contributed by atoms with Crippen LogP contribution in [0.25, 0.3) is 6.08 Å². The Morgan fingerprint density at radius 2 is 1.77 bits per heavy atom. The van der Waals surface area contributed by atoms with Crippen LogP contribution in [0.4, 0.5) is 0 Å². The van der Waals surface area contributed by atoms with Gasteiger partial charge in [-0.15, -0.1) is 0 Å². The van der Waals surface area contributed by atoms with Gasteiger partial charge in [0.1, 0.15) is 17.9 Å². The second-order valence-electron chi connectivity index (χ2n) is 4.17. The summed E-state index contributed by atoms with van der Waals surface area (Å²) in [6, 6.07) is 6.99. The van der Waals surface area contributed by atoms with Crippen molar-refractivity contribution < 1.29 is 23.8 Å². The minimum atomic E-state index is -0.710. The minimum absolute atomic E-state index is 0.149. The van der Waals surface area contributed by atoms with Gasteiger partial charge in [-0.25, -0.2) is 9.59 Å². The van der Waals surface area contributed by atoms with E-state index >= 15 is 0 Å². The van der Waals surface area contributed by atoms with Crippen molar-refractivity contribution in [2.75, 3.05) is 19.8 Å². The van der Waals surface area contributed by atoms with E-state index in [4.69, 9.17) is 14.2 Å². The molecule has 0 aromatic heterocycles. The summed E-state index contributed by atoms with van der Waals surface area (Å²) >= 11 is 0. The highest BCUT2D eigenvalue weighted by Gasteiger charge is 2.20. The molecule has 0 atom stereocenters. The van der Waals surface area contributed by atoms with Crippen molar-refractivity contribution in [2.24, 2.45) is 0 Å². The summed E-state index contributed by atoms with van der Waals surface area (Å²) in [7, 11) is 0. The van der Waals surface area contributed by atoms with E-state index in [9.17, 15) is 9.59 Å². The summed E-state index contributed by atoms with van der Waals surface area (Å²) in [5.41, 5.74) is 0.488. The number of esters is 2. The van der Waals surface area contributed by atoms with Gasteiger partial charge in [0.2, 0.25) is 0 Å². The lowest BCUT2D eigenvalue weighted by Gasteiger charge is -2.07. The summed E-state index contributed by atoms with van der Waals surface area (Å²) in [6.07, 6.45) is 3.06. The Morgan fingerprint density at radius 1 is 1.14 bits per heavy atom. The third kappa shape index (κ3) is 5.44. The number of benzene rings is 1. The molecule has 0 aliphatic heterocycles. The molecule has 0 amide bonds. The molecule has 1 rings (SSSR count). The molecular formula is C17H20O5. The molecule has 0 N–H and O–H groups in total. The summed E-state index contributed by atoms with van der Waals surface area (Å²) in [6.45, 7) is 7.64. The van der Waals surface area contributed by atoms with E-state index in [0.717, 1.165) is 0 Å². The maximum absolute atomic E-state index is 11.9. The lowest BCUT2D eigenvalue weighted by molar-refractivity contribution is -0.146. The Balaban J connectivity index is 3.06. The average Bonchev–Trinajstić information content (AvgIpc) is 2.51. The van der Waals surface area contributed by atoms with Gasteiger partial charge in [0.15, 0.2) is 0 Å². The van der Waals surface area contributed by atoms with Gasteiger partial charge in [-0.1, -0.05) is 24.8 Å². The molecule has 0 aliphatic carbocycles. The van der Waals surface area contributed by atoms with Gasteiger partial charge in [0.25, 0.3) is 0 Å². The van der Waals surface area contributed by atoms with E-state index in [0.29, 0.717) is 17.9 Å². The zero-order chi connectivity index (χ0) is 16.4. The van der Waals surface area contributed by atoms with Crippen molar-refractivity contribution >= 4 is 18.0 Å². The number of hydrogen-bond donors (Lipinski definition) is 0. The Labute approximate surface area is 130 Å². The largest absolute Gasteiger partial charge is 0.490 e.